The zero-order valence-corrected chi connectivity index (χ0v) is 13.5. The van der Waals surface area contributed by atoms with Crippen molar-refractivity contribution in [2.75, 3.05) is 6.54 Å². The molecule has 0 radical (unpaired) electrons. The molecule has 20 heavy (non-hydrogen) atoms. The summed E-state index contributed by atoms with van der Waals surface area (Å²) in [5.74, 6) is 0. The standard InChI is InChI=1S/C15H19Cl2N3/c1-4-18-15(12-9-11(16)6-7-13(12)17)14-8-10(3)19-20(14)5-2/h6-9,15,18H,4-5H2,1-3H3. The van der Waals surface area contributed by atoms with Crippen LogP contribution in [0.4, 0.5) is 0 Å². The molecule has 2 rings (SSSR count). The van der Waals surface area contributed by atoms with Gasteiger partial charge in [0.15, 0.2) is 0 Å². The monoisotopic (exact) mass is 311 g/mol. The van der Waals surface area contributed by atoms with Gasteiger partial charge in [-0.05, 0) is 50.2 Å². The second kappa shape index (κ2) is 6.61. The first-order valence-electron chi connectivity index (χ1n) is 6.79. The summed E-state index contributed by atoms with van der Waals surface area (Å²) in [6.45, 7) is 7.81. The normalized spacial score (nSPS) is 12.7. The maximum absolute atomic E-state index is 6.35. The Morgan fingerprint density at radius 2 is 2.00 bits per heavy atom. The van der Waals surface area contributed by atoms with E-state index in [4.69, 9.17) is 23.2 Å². The Morgan fingerprint density at radius 3 is 2.65 bits per heavy atom. The van der Waals surface area contributed by atoms with E-state index in [0.29, 0.717) is 10.0 Å². The third kappa shape index (κ3) is 3.17. The van der Waals surface area contributed by atoms with Gasteiger partial charge in [0.1, 0.15) is 0 Å². The minimum atomic E-state index is -0.00708. The lowest BCUT2D eigenvalue weighted by molar-refractivity contribution is 0.541. The zero-order chi connectivity index (χ0) is 14.7. The van der Waals surface area contributed by atoms with Gasteiger partial charge in [-0.15, -0.1) is 0 Å². The molecule has 1 atom stereocenters. The van der Waals surface area contributed by atoms with E-state index in [2.05, 4.69) is 30.3 Å². The van der Waals surface area contributed by atoms with Crippen molar-refractivity contribution in [1.29, 1.82) is 0 Å². The number of hydrogen-bond acceptors (Lipinski definition) is 2. The molecule has 0 spiro atoms. The first kappa shape index (κ1) is 15.4. The molecule has 0 fully saturated rings. The fourth-order valence-corrected chi connectivity index (χ4v) is 2.77. The third-order valence-electron chi connectivity index (χ3n) is 3.21. The van der Waals surface area contributed by atoms with Crippen molar-refractivity contribution in [1.82, 2.24) is 15.1 Å². The van der Waals surface area contributed by atoms with Crippen molar-refractivity contribution >= 4 is 23.2 Å². The van der Waals surface area contributed by atoms with Crippen LogP contribution in [0.2, 0.25) is 10.0 Å². The van der Waals surface area contributed by atoms with E-state index in [1.54, 1.807) is 6.07 Å². The molecule has 5 heteroatoms. The van der Waals surface area contributed by atoms with Crippen LogP contribution in [0.25, 0.3) is 0 Å². The van der Waals surface area contributed by atoms with E-state index in [9.17, 15) is 0 Å². The second-order valence-corrected chi connectivity index (χ2v) is 5.53. The Balaban J connectivity index is 2.52. The van der Waals surface area contributed by atoms with Crippen molar-refractivity contribution in [3.8, 4) is 0 Å². The lowest BCUT2D eigenvalue weighted by Crippen LogP contribution is -2.25. The quantitative estimate of drug-likeness (QED) is 0.896. The van der Waals surface area contributed by atoms with E-state index in [1.807, 2.05) is 23.7 Å². The summed E-state index contributed by atoms with van der Waals surface area (Å²) < 4.78 is 2.00. The molecule has 0 amide bonds. The Labute approximate surface area is 129 Å². The molecule has 2 aromatic rings. The van der Waals surface area contributed by atoms with Crippen LogP contribution in [-0.4, -0.2) is 16.3 Å². The minimum absolute atomic E-state index is 0.00708. The smallest absolute Gasteiger partial charge is 0.0763 e. The zero-order valence-electron chi connectivity index (χ0n) is 12.0. The molecule has 0 bridgehead atoms. The average Bonchev–Trinajstić information content (AvgIpc) is 2.80. The van der Waals surface area contributed by atoms with E-state index < -0.39 is 0 Å². The van der Waals surface area contributed by atoms with E-state index in [-0.39, 0.29) is 6.04 Å². The average molecular weight is 312 g/mol. The fraction of sp³-hybridized carbons (Fsp3) is 0.400. The number of aryl methyl sites for hydroxylation is 2. The summed E-state index contributed by atoms with van der Waals surface area (Å²) in [6.07, 6.45) is 0. The highest BCUT2D eigenvalue weighted by Gasteiger charge is 2.20. The second-order valence-electron chi connectivity index (χ2n) is 4.68. The first-order valence-corrected chi connectivity index (χ1v) is 7.55. The number of hydrogen-bond donors (Lipinski definition) is 1. The van der Waals surface area contributed by atoms with Crippen LogP contribution in [0.1, 0.15) is 36.8 Å². The summed E-state index contributed by atoms with van der Waals surface area (Å²) in [6, 6.07) is 7.64. The van der Waals surface area contributed by atoms with Crippen LogP contribution in [-0.2, 0) is 6.54 Å². The molecule has 1 aromatic heterocycles. The summed E-state index contributed by atoms with van der Waals surface area (Å²) in [5.41, 5.74) is 3.09. The van der Waals surface area contributed by atoms with Gasteiger partial charge >= 0.3 is 0 Å². The highest BCUT2D eigenvalue weighted by molar-refractivity contribution is 6.33. The molecule has 3 nitrogen and oxygen atoms in total. The molecule has 0 saturated heterocycles. The van der Waals surface area contributed by atoms with Gasteiger partial charge in [0.2, 0.25) is 0 Å². The Morgan fingerprint density at radius 1 is 1.25 bits per heavy atom. The number of rotatable bonds is 5. The molecule has 0 aliphatic carbocycles. The van der Waals surface area contributed by atoms with Crippen LogP contribution in [0.15, 0.2) is 24.3 Å². The van der Waals surface area contributed by atoms with Gasteiger partial charge in [-0.2, -0.15) is 5.10 Å². The van der Waals surface area contributed by atoms with Crippen molar-refractivity contribution in [2.45, 2.75) is 33.4 Å². The van der Waals surface area contributed by atoms with Gasteiger partial charge in [0.05, 0.1) is 17.4 Å². The summed E-state index contributed by atoms with van der Waals surface area (Å²) in [5, 5.41) is 9.37. The van der Waals surface area contributed by atoms with Crippen molar-refractivity contribution in [3.05, 3.63) is 51.3 Å². The number of nitrogens with zero attached hydrogens (tertiary/aromatic N) is 2. The van der Waals surface area contributed by atoms with Gasteiger partial charge in [0.25, 0.3) is 0 Å². The van der Waals surface area contributed by atoms with Crippen molar-refractivity contribution in [3.63, 3.8) is 0 Å². The van der Waals surface area contributed by atoms with Crippen molar-refractivity contribution in [2.24, 2.45) is 0 Å². The predicted molar refractivity (Wildman–Crippen MR) is 84.6 cm³/mol. The Hall–Kier alpha value is -1.03. The predicted octanol–water partition coefficient (Wildman–Crippen LogP) is 4.22. The Bertz CT molecular complexity index is 593. The molecule has 0 aliphatic rings. The molecule has 1 N–H and O–H groups in total. The van der Waals surface area contributed by atoms with Crippen molar-refractivity contribution < 1.29 is 0 Å². The molecule has 0 aliphatic heterocycles. The largest absolute Gasteiger partial charge is 0.305 e. The highest BCUT2D eigenvalue weighted by atomic mass is 35.5. The van der Waals surface area contributed by atoms with E-state index in [1.165, 1.54) is 0 Å². The molecule has 1 heterocycles. The number of benzene rings is 1. The fourth-order valence-electron chi connectivity index (χ4n) is 2.36. The van der Waals surface area contributed by atoms with Gasteiger partial charge in [-0.3, -0.25) is 4.68 Å². The summed E-state index contributed by atoms with van der Waals surface area (Å²) >= 11 is 12.5. The highest BCUT2D eigenvalue weighted by Crippen LogP contribution is 2.31. The maximum Gasteiger partial charge on any atom is 0.0763 e. The minimum Gasteiger partial charge on any atom is -0.305 e. The van der Waals surface area contributed by atoms with Crippen LogP contribution >= 0.6 is 23.2 Å². The third-order valence-corrected chi connectivity index (χ3v) is 3.79. The first-order chi connectivity index (χ1) is 9.56. The van der Waals surface area contributed by atoms with Crippen LogP contribution < -0.4 is 5.32 Å². The number of halogens is 2. The molecule has 0 saturated carbocycles. The maximum atomic E-state index is 6.35. The van der Waals surface area contributed by atoms with Gasteiger partial charge in [0, 0.05) is 16.6 Å². The lowest BCUT2D eigenvalue weighted by Gasteiger charge is -2.21. The lowest BCUT2D eigenvalue weighted by atomic mass is 10.0. The van der Waals surface area contributed by atoms with Gasteiger partial charge < -0.3 is 5.32 Å². The molecule has 108 valence electrons. The van der Waals surface area contributed by atoms with Crippen LogP contribution in [0.3, 0.4) is 0 Å². The SMILES string of the molecule is CCNC(c1cc(Cl)ccc1Cl)c1cc(C)nn1CC. The van der Waals surface area contributed by atoms with Crippen LogP contribution in [0.5, 0.6) is 0 Å². The number of nitrogens with one attached hydrogen (secondary N) is 1. The Kier molecular flexibility index (Phi) is 5.08. The van der Waals surface area contributed by atoms with Gasteiger partial charge in [-0.25, -0.2) is 0 Å². The van der Waals surface area contributed by atoms with E-state index in [0.717, 1.165) is 30.0 Å². The van der Waals surface area contributed by atoms with Crippen LogP contribution in [0, 0.1) is 6.92 Å². The summed E-state index contributed by atoms with van der Waals surface area (Å²) in [4.78, 5) is 0. The number of aromatic nitrogens is 2. The van der Waals surface area contributed by atoms with E-state index >= 15 is 0 Å². The molecule has 1 aromatic carbocycles. The summed E-state index contributed by atoms with van der Waals surface area (Å²) in [7, 11) is 0. The molecular weight excluding hydrogens is 293 g/mol. The molecule has 1 unspecified atom stereocenters. The van der Waals surface area contributed by atoms with Gasteiger partial charge in [-0.1, -0.05) is 30.1 Å². The molecular formula is C15H19Cl2N3. The topological polar surface area (TPSA) is 29.9 Å².